The van der Waals surface area contributed by atoms with Crippen LogP contribution in [0.15, 0.2) is 54.8 Å². The van der Waals surface area contributed by atoms with Crippen LogP contribution >= 0.6 is 27.7 Å². The molecule has 0 saturated carbocycles. The fraction of sp³-hybridized carbons (Fsp3) is 0.0909. The Hall–Kier alpha value is -0.770. The van der Waals surface area contributed by atoms with Gasteiger partial charge in [-0.1, -0.05) is 46.3 Å². The van der Waals surface area contributed by atoms with Crippen molar-refractivity contribution in [1.82, 2.24) is 4.53 Å². The SMILES string of the molecule is ClN1C(Br)C=CC=CN1c1ccccc1. The average Bonchev–Trinajstić information content (AvgIpc) is 2.44. The van der Waals surface area contributed by atoms with Crippen LogP contribution in [0.4, 0.5) is 5.69 Å². The van der Waals surface area contributed by atoms with Gasteiger partial charge in [0, 0.05) is 18.0 Å². The molecular formula is C11H10BrClN2. The maximum atomic E-state index is 6.18. The van der Waals surface area contributed by atoms with E-state index in [2.05, 4.69) is 15.9 Å². The van der Waals surface area contributed by atoms with Crippen molar-refractivity contribution in [2.45, 2.75) is 4.95 Å². The van der Waals surface area contributed by atoms with Crippen LogP contribution in [0, 0.1) is 0 Å². The maximum absolute atomic E-state index is 6.18. The molecule has 15 heavy (non-hydrogen) atoms. The van der Waals surface area contributed by atoms with E-state index in [9.17, 15) is 0 Å². The van der Waals surface area contributed by atoms with E-state index in [-0.39, 0.29) is 4.95 Å². The number of rotatable bonds is 1. The molecule has 1 aromatic rings. The molecule has 1 heterocycles. The third-order valence-electron chi connectivity index (χ3n) is 2.04. The summed E-state index contributed by atoms with van der Waals surface area (Å²) in [5.74, 6) is 0. The lowest BCUT2D eigenvalue weighted by atomic mass is 10.3. The highest BCUT2D eigenvalue weighted by Crippen LogP contribution is 2.24. The minimum Gasteiger partial charge on any atom is -0.266 e. The summed E-state index contributed by atoms with van der Waals surface area (Å²) in [4.78, 5) is -0.0191. The monoisotopic (exact) mass is 284 g/mol. The Morgan fingerprint density at radius 3 is 2.60 bits per heavy atom. The van der Waals surface area contributed by atoms with Gasteiger partial charge in [0.25, 0.3) is 0 Å². The van der Waals surface area contributed by atoms with E-state index < -0.39 is 0 Å². The predicted octanol–water partition coefficient (Wildman–Crippen LogP) is 3.67. The lowest BCUT2D eigenvalue weighted by Gasteiger charge is -2.29. The highest BCUT2D eigenvalue weighted by Gasteiger charge is 2.18. The quantitative estimate of drug-likeness (QED) is 0.441. The number of para-hydroxylation sites is 1. The van der Waals surface area contributed by atoms with Crippen molar-refractivity contribution in [2.75, 3.05) is 5.01 Å². The van der Waals surface area contributed by atoms with Crippen LogP contribution in [0.2, 0.25) is 0 Å². The van der Waals surface area contributed by atoms with Crippen molar-refractivity contribution in [1.29, 1.82) is 0 Å². The first kappa shape index (κ1) is 10.7. The second-order valence-electron chi connectivity index (χ2n) is 3.07. The Bertz CT molecular complexity index is 377. The molecule has 0 saturated heterocycles. The number of hydrazine groups is 1. The first-order valence-corrected chi connectivity index (χ1v) is 5.83. The minimum atomic E-state index is -0.0191. The summed E-state index contributed by atoms with van der Waals surface area (Å²) in [7, 11) is 0. The van der Waals surface area contributed by atoms with Gasteiger partial charge in [0.2, 0.25) is 0 Å². The van der Waals surface area contributed by atoms with E-state index >= 15 is 0 Å². The first-order valence-electron chi connectivity index (χ1n) is 4.57. The van der Waals surface area contributed by atoms with E-state index in [0.29, 0.717) is 0 Å². The van der Waals surface area contributed by atoms with E-state index in [4.69, 9.17) is 11.8 Å². The Labute approximate surface area is 103 Å². The number of anilines is 1. The minimum absolute atomic E-state index is 0.0191. The molecule has 0 aliphatic carbocycles. The lowest BCUT2D eigenvalue weighted by molar-refractivity contribution is 0.489. The Balaban J connectivity index is 2.29. The number of hydrogen-bond acceptors (Lipinski definition) is 2. The van der Waals surface area contributed by atoms with Gasteiger partial charge >= 0.3 is 0 Å². The van der Waals surface area contributed by atoms with E-state index in [1.54, 1.807) is 4.53 Å². The highest BCUT2D eigenvalue weighted by atomic mass is 79.9. The zero-order valence-electron chi connectivity index (χ0n) is 7.92. The molecule has 0 bridgehead atoms. The van der Waals surface area contributed by atoms with Crippen LogP contribution < -0.4 is 5.01 Å². The van der Waals surface area contributed by atoms with Crippen LogP contribution in [0.25, 0.3) is 0 Å². The summed E-state index contributed by atoms with van der Waals surface area (Å²) in [6.45, 7) is 0. The molecule has 0 fully saturated rings. The van der Waals surface area contributed by atoms with Crippen molar-refractivity contribution >= 4 is 33.4 Å². The smallest absolute Gasteiger partial charge is 0.120 e. The molecule has 78 valence electrons. The number of nitrogens with zero attached hydrogens (tertiary/aromatic N) is 2. The summed E-state index contributed by atoms with van der Waals surface area (Å²) >= 11 is 9.65. The molecule has 1 aliphatic heterocycles. The van der Waals surface area contributed by atoms with Gasteiger partial charge in [-0.3, -0.25) is 5.01 Å². The van der Waals surface area contributed by atoms with Gasteiger partial charge < -0.3 is 0 Å². The topological polar surface area (TPSA) is 6.48 Å². The van der Waals surface area contributed by atoms with Gasteiger partial charge in [-0.05, 0) is 18.2 Å². The molecule has 1 aliphatic rings. The van der Waals surface area contributed by atoms with Crippen molar-refractivity contribution in [3.8, 4) is 0 Å². The zero-order chi connectivity index (χ0) is 10.7. The predicted molar refractivity (Wildman–Crippen MR) is 67.6 cm³/mol. The second-order valence-corrected chi connectivity index (χ2v) is 4.35. The fourth-order valence-electron chi connectivity index (χ4n) is 1.32. The highest BCUT2D eigenvalue weighted by molar-refractivity contribution is 9.09. The Morgan fingerprint density at radius 2 is 1.87 bits per heavy atom. The molecule has 1 atom stereocenters. The normalized spacial score (nSPS) is 21.7. The van der Waals surface area contributed by atoms with Crippen molar-refractivity contribution in [3.05, 3.63) is 54.8 Å². The molecule has 0 radical (unpaired) electrons. The number of halogens is 2. The molecular weight excluding hydrogens is 275 g/mol. The van der Waals surface area contributed by atoms with Crippen LogP contribution in [0.5, 0.6) is 0 Å². The number of alkyl halides is 1. The van der Waals surface area contributed by atoms with Crippen molar-refractivity contribution in [2.24, 2.45) is 0 Å². The van der Waals surface area contributed by atoms with Crippen molar-refractivity contribution < 1.29 is 0 Å². The summed E-state index contributed by atoms with van der Waals surface area (Å²) in [5, 5.41) is 1.88. The summed E-state index contributed by atoms with van der Waals surface area (Å²) in [6.07, 6.45) is 7.79. The second kappa shape index (κ2) is 4.84. The number of hydrogen-bond donors (Lipinski definition) is 0. The van der Waals surface area contributed by atoms with E-state index in [1.807, 2.05) is 59.8 Å². The van der Waals surface area contributed by atoms with Crippen LogP contribution in [-0.4, -0.2) is 9.48 Å². The fourth-order valence-corrected chi connectivity index (χ4v) is 1.89. The molecule has 4 heteroatoms. The summed E-state index contributed by atoms with van der Waals surface area (Å²) in [5.41, 5.74) is 1.02. The third kappa shape index (κ3) is 2.43. The third-order valence-corrected chi connectivity index (χ3v) is 3.34. The number of allylic oxidation sites excluding steroid dienone is 2. The van der Waals surface area contributed by atoms with Gasteiger partial charge in [0.1, 0.15) is 4.95 Å². The molecule has 0 spiro atoms. The molecule has 0 N–H and O–H groups in total. The van der Waals surface area contributed by atoms with Gasteiger partial charge in [-0.15, -0.1) is 4.53 Å². The maximum Gasteiger partial charge on any atom is 0.120 e. The van der Waals surface area contributed by atoms with Crippen LogP contribution in [-0.2, 0) is 0 Å². The van der Waals surface area contributed by atoms with E-state index in [1.165, 1.54) is 0 Å². The molecule has 1 unspecified atom stereocenters. The molecule has 2 rings (SSSR count). The van der Waals surface area contributed by atoms with Gasteiger partial charge in [-0.2, -0.15) is 0 Å². The van der Waals surface area contributed by atoms with Gasteiger partial charge in [0.05, 0.1) is 5.69 Å². The Morgan fingerprint density at radius 1 is 1.13 bits per heavy atom. The molecule has 2 nitrogen and oxygen atoms in total. The molecule has 0 aromatic heterocycles. The van der Waals surface area contributed by atoms with Crippen LogP contribution in [0.3, 0.4) is 0 Å². The molecule has 1 aromatic carbocycles. The van der Waals surface area contributed by atoms with Gasteiger partial charge in [0.15, 0.2) is 0 Å². The average molecular weight is 286 g/mol. The first-order chi connectivity index (χ1) is 7.29. The summed E-state index contributed by atoms with van der Waals surface area (Å²) in [6, 6.07) is 9.95. The van der Waals surface area contributed by atoms with Gasteiger partial charge in [-0.25, -0.2) is 0 Å². The molecule has 0 amide bonds. The largest absolute Gasteiger partial charge is 0.266 e. The lowest BCUT2D eigenvalue weighted by Crippen LogP contribution is -2.34. The van der Waals surface area contributed by atoms with Crippen molar-refractivity contribution in [3.63, 3.8) is 0 Å². The standard InChI is InChI=1S/C11H10BrClN2/c12-11-8-4-5-9-14(15(11)13)10-6-2-1-3-7-10/h1-9,11H. The zero-order valence-corrected chi connectivity index (χ0v) is 10.3. The summed E-state index contributed by atoms with van der Waals surface area (Å²) < 4.78 is 1.59. The van der Waals surface area contributed by atoms with E-state index in [0.717, 1.165) is 5.69 Å². The number of benzene rings is 1. The van der Waals surface area contributed by atoms with Crippen LogP contribution in [0.1, 0.15) is 0 Å². The Kier molecular flexibility index (Phi) is 3.46.